The third-order valence-corrected chi connectivity index (χ3v) is 4.98. The predicted molar refractivity (Wildman–Crippen MR) is 88.6 cm³/mol. The Morgan fingerprint density at radius 2 is 1.13 bits per heavy atom. The van der Waals surface area contributed by atoms with E-state index in [9.17, 15) is 9.59 Å². The second-order valence-electron chi connectivity index (χ2n) is 5.16. The minimum atomic E-state index is -0.330. The lowest BCUT2D eigenvalue weighted by molar-refractivity contribution is -0.134. The molecule has 0 aromatic heterocycles. The van der Waals surface area contributed by atoms with Gasteiger partial charge < -0.3 is 9.47 Å². The molecule has 2 atom stereocenters. The number of hydrogen-bond acceptors (Lipinski definition) is 5. The Morgan fingerprint density at radius 3 is 1.52 bits per heavy atom. The van der Waals surface area contributed by atoms with Crippen LogP contribution in [0.25, 0.3) is 0 Å². The maximum Gasteiger partial charge on any atom is 0.324 e. The van der Waals surface area contributed by atoms with Gasteiger partial charge in [-0.05, 0) is 37.1 Å². The van der Waals surface area contributed by atoms with E-state index in [-0.39, 0.29) is 22.4 Å². The maximum absolute atomic E-state index is 12.1. The minimum absolute atomic E-state index is 0.309. The van der Waals surface area contributed by atoms with Crippen LogP contribution in [0.3, 0.4) is 0 Å². The fourth-order valence-electron chi connectivity index (χ4n) is 2.32. The van der Waals surface area contributed by atoms with E-state index < -0.39 is 0 Å². The molecule has 1 aliphatic heterocycles. The molecule has 1 saturated heterocycles. The monoisotopic (exact) mass is 328 g/mol. The van der Waals surface area contributed by atoms with Crippen LogP contribution in [-0.4, -0.2) is 22.4 Å². The molecule has 2 aromatic rings. The van der Waals surface area contributed by atoms with Crippen molar-refractivity contribution < 1.29 is 19.1 Å². The van der Waals surface area contributed by atoms with Crippen LogP contribution >= 0.6 is 11.8 Å². The highest BCUT2D eigenvalue weighted by atomic mass is 32.2. The molecule has 0 amide bonds. The molecule has 0 saturated carbocycles. The first kappa shape index (κ1) is 15.6. The summed E-state index contributed by atoms with van der Waals surface area (Å²) in [4.78, 5) is 24.3. The largest absolute Gasteiger partial charge is 0.426 e. The standard InChI is InChI=1S/C18H16O4S/c19-17(21-13-7-3-1-4-8-13)15-11-12-16(23-15)18(20)22-14-9-5-2-6-10-14/h1-10,15-16H,11-12H2. The van der Waals surface area contributed by atoms with Gasteiger partial charge in [0.05, 0.1) is 0 Å². The topological polar surface area (TPSA) is 52.6 Å². The van der Waals surface area contributed by atoms with Gasteiger partial charge in [-0.2, -0.15) is 0 Å². The molecule has 3 rings (SSSR count). The number of thioether (sulfide) groups is 1. The maximum atomic E-state index is 12.1. The third kappa shape index (κ3) is 4.13. The Bertz CT molecular complexity index is 612. The summed E-state index contributed by atoms with van der Waals surface area (Å²) in [6.07, 6.45) is 1.23. The highest BCUT2D eigenvalue weighted by molar-refractivity contribution is 8.02. The van der Waals surface area contributed by atoms with Gasteiger partial charge in [0.25, 0.3) is 0 Å². The van der Waals surface area contributed by atoms with Crippen LogP contribution in [-0.2, 0) is 9.59 Å². The molecule has 0 radical (unpaired) electrons. The van der Waals surface area contributed by atoms with Gasteiger partial charge in [-0.3, -0.25) is 9.59 Å². The van der Waals surface area contributed by atoms with Gasteiger partial charge in [0.15, 0.2) is 0 Å². The number of rotatable bonds is 4. The Kier molecular flexibility index (Phi) is 4.98. The summed E-state index contributed by atoms with van der Waals surface area (Å²) in [5.74, 6) is 0.425. The van der Waals surface area contributed by atoms with Crippen LogP contribution in [0.5, 0.6) is 11.5 Å². The van der Waals surface area contributed by atoms with Gasteiger partial charge >= 0.3 is 11.9 Å². The van der Waals surface area contributed by atoms with Crippen molar-refractivity contribution in [2.75, 3.05) is 0 Å². The number of ether oxygens (including phenoxy) is 2. The summed E-state index contributed by atoms with van der Waals surface area (Å²) in [5.41, 5.74) is 0. The molecule has 2 unspecified atom stereocenters. The van der Waals surface area contributed by atoms with E-state index in [4.69, 9.17) is 9.47 Å². The van der Waals surface area contributed by atoms with Crippen molar-refractivity contribution in [3.8, 4) is 11.5 Å². The van der Waals surface area contributed by atoms with Crippen LogP contribution in [0.4, 0.5) is 0 Å². The first-order valence-electron chi connectivity index (χ1n) is 7.41. The van der Waals surface area contributed by atoms with Crippen LogP contribution < -0.4 is 9.47 Å². The quantitative estimate of drug-likeness (QED) is 0.635. The van der Waals surface area contributed by atoms with Gasteiger partial charge in [0, 0.05) is 0 Å². The van der Waals surface area contributed by atoms with Crippen molar-refractivity contribution in [3.63, 3.8) is 0 Å². The highest BCUT2D eigenvalue weighted by Gasteiger charge is 2.37. The molecule has 0 spiro atoms. The number of carbonyl (C=O) groups is 2. The summed E-state index contributed by atoms with van der Waals surface area (Å²) in [5, 5.41) is -0.660. The van der Waals surface area contributed by atoms with E-state index in [1.807, 2.05) is 36.4 Å². The average Bonchev–Trinajstić information content (AvgIpc) is 3.07. The van der Waals surface area contributed by atoms with Crippen molar-refractivity contribution in [3.05, 3.63) is 60.7 Å². The third-order valence-electron chi connectivity index (χ3n) is 3.47. The SMILES string of the molecule is O=C(Oc1ccccc1)C1CCC(C(=O)Oc2ccccc2)S1. The van der Waals surface area contributed by atoms with Gasteiger partial charge in [-0.15, -0.1) is 11.8 Å². The molecular weight excluding hydrogens is 312 g/mol. The summed E-state index contributed by atoms with van der Waals surface area (Å²) < 4.78 is 10.7. The molecule has 1 heterocycles. The smallest absolute Gasteiger partial charge is 0.324 e. The zero-order chi connectivity index (χ0) is 16.1. The first-order valence-corrected chi connectivity index (χ1v) is 8.35. The average molecular weight is 328 g/mol. The summed E-state index contributed by atoms with van der Waals surface area (Å²) in [7, 11) is 0. The molecule has 5 heteroatoms. The molecule has 4 nitrogen and oxygen atoms in total. The number of carbonyl (C=O) groups excluding carboxylic acids is 2. The second-order valence-corrected chi connectivity index (χ2v) is 6.57. The highest BCUT2D eigenvalue weighted by Crippen LogP contribution is 2.35. The molecule has 0 aliphatic carbocycles. The fourth-order valence-corrected chi connectivity index (χ4v) is 3.58. The number of para-hydroxylation sites is 2. The Labute approximate surface area is 138 Å². The van der Waals surface area contributed by atoms with Gasteiger partial charge in [0.2, 0.25) is 0 Å². The second kappa shape index (κ2) is 7.33. The Morgan fingerprint density at radius 1 is 0.739 bits per heavy atom. The lowest BCUT2D eigenvalue weighted by atomic mass is 10.2. The normalized spacial score (nSPS) is 20.0. The van der Waals surface area contributed by atoms with Crippen molar-refractivity contribution in [2.45, 2.75) is 23.3 Å². The Hall–Kier alpha value is -2.27. The van der Waals surface area contributed by atoms with Gasteiger partial charge in [-0.1, -0.05) is 36.4 Å². The zero-order valence-electron chi connectivity index (χ0n) is 12.4. The molecular formula is C18H16O4S. The summed E-state index contributed by atoms with van der Waals surface area (Å²) in [6, 6.07) is 17.9. The van der Waals surface area contributed by atoms with Crippen LogP contribution in [0, 0.1) is 0 Å². The van der Waals surface area contributed by atoms with Gasteiger partial charge in [0.1, 0.15) is 22.0 Å². The van der Waals surface area contributed by atoms with Crippen LogP contribution in [0.2, 0.25) is 0 Å². The zero-order valence-corrected chi connectivity index (χ0v) is 13.2. The van der Waals surface area contributed by atoms with Crippen molar-refractivity contribution >= 4 is 23.7 Å². The Balaban J connectivity index is 1.53. The van der Waals surface area contributed by atoms with Crippen LogP contribution in [0.15, 0.2) is 60.7 Å². The fraction of sp³-hybridized carbons (Fsp3) is 0.222. The molecule has 0 bridgehead atoms. The number of benzene rings is 2. The molecule has 23 heavy (non-hydrogen) atoms. The van der Waals surface area contributed by atoms with E-state index in [1.165, 1.54) is 11.8 Å². The first-order chi connectivity index (χ1) is 11.2. The number of hydrogen-bond donors (Lipinski definition) is 0. The van der Waals surface area contributed by atoms with Crippen LogP contribution in [0.1, 0.15) is 12.8 Å². The molecule has 2 aromatic carbocycles. The lowest BCUT2D eigenvalue weighted by Crippen LogP contribution is -2.23. The van der Waals surface area contributed by atoms with Gasteiger partial charge in [-0.25, -0.2) is 0 Å². The molecule has 1 aliphatic rings. The predicted octanol–water partition coefficient (Wildman–Crippen LogP) is 3.46. The molecule has 1 fully saturated rings. The van der Waals surface area contributed by atoms with E-state index in [0.29, 0.717) is 24.3 Å². The number of esters is 2. The van der Waals surface area contributed by atoms with Crippen molar-refractivity contribution in [2.24, 2.45) is 0 Å². The summed E-state index contributed by atoms with van der Waals surface area (Å²) >= 11 is 1.32. The van der Waals surface area contributed by atoms with E-state index in [2.05, 4.69) is 0 Å². The molecule has 118 valence electrons. The van der Waals surface area contributed by atoms with E-state index >= 15 is 0 Å². The van der Waals surface area contributed by atoms with Crippen molar-refractivity contribution in [1.82, 2.24) is 0 Å². The minimum Gasteiger partial charge on any atom is -0.426 e. The van der Waals surface area contributed by atoms with E-state index in [1.54, 1.807) is 24.3 Å². The summed E-state index contributed by atoms with van der Waals surface area (Å²) in [6.45, 7) is 0. The molecule has 0 N–H and O–H groups in total. The van der Waals surface area contributed by atoms with Crippen molar-refractivity contribution in [1.29, 1.82) is 0 Å². The van der Waals surface area contributed by atoms with E-state index in [0.717, 1.165) is 0 Å². The lowest BCUT2D eigenvalue weighted by Gasteiger charge is -2.11.